The third-order valence-electron chi connectivity index (χ3n) is 4.45. The molecule has 1 aromatic carbocycles. The largest absolute Gasteiger partial charge is 0.378 e. The average molecular weight is 343 g/mol. The first-order chi connectivity index (χ1) is 10.7. The Morgan fingerprint density at radius 3 is 3.04 bits per heavy atom. The lowest BCUT2D eigenvalue weighted by Crippen LogP contribution is -2.25. The lowest BCUT2D eigenvalue weighted by molar-refractivity contribution is -0.117. The maximum absolute atomic E-state index is 14.4. The Morgan fingerprint density at radius 2 is 2.26 bits per heavy atom. The van der Waals surface area contributed by atoms with Gasteiger partial charge in [-0.3, -0.25) is 4.79 Å². The van der Waals surface area contributed by atoms with Gasteiger partial charge in [0.1, 0.15) is 5.82 Å². The summed E-state index contributed by atoms with van der Waals surface area (Å²) in [6.07, 6.45) is 5.23. The maximum atomic E-state index is 14.4. The van der Waals surface area contributed by atoms with Gasteiger partial charge in [0.25, 0.3) is 0 Å². The summed E-state index contributed by atoms with van der Waals surface area (Å²) in [6.45, 7) is 2.26. The Kier molecular flexibility index (Phi) is 6.81. The summed E-state index contributed by atoms with van der Waals surface area (Å²) in [5, 5.41) is 5.93. The average Bonchev–Trinajstić information content (AvgIpc) is 2.57. The normalized spacial score (nSPS) is 20.3. The molecule has 2 heterocycles. The number of fused-ring (bicyclic) bond motifs is 1. The smallest absolute Gasteiger partial charge is 0.224 e. The Labute approximate surface area is 142 Å². The molecule has 1 aromatic rings. The van der Waals surface area contributed by atoms with Crippen LogP contribution in [0.2, 0.25) is 0 Å². The molecule has 0 bridgehead atoms. The molecule has 1 fully saturated rings. The SMILES string of the molecule is Cl.O=C(CCC1CCCCO1)Nc1ccc2c(c1F)CCNC2. The van der Waals surface area contributed by atoms with E-state index < -0.39 is 0 Å². The molecule has 1 unspecified atom stereocenters. The van der Waals surface area contributed by atoms with Gasteiger partial charge in [-0.25, -0.2) is 4.39 Å². The van der Waals surface area contributed by atoms with E-state index in [1.165, 1.54) is 6.42 Å². The molecule has 3 rings (SSSR count). The Hall–Kier alpha value is -1.17. The quantitative estimate of drug-likeness (QED) is 0.883. The monoisotopic (exact) mass is 342 g/mol. The number of halogens is 2. The molecule has 2 aliphatic rings. The van der Waals surface area contributed by atoms with E-state index in [1.807, 2.05) is 6.07 Å². The van der Waals surface area contributed by atoms with Crippen LogP contribution < -0.4 is 10.6 Å². The predicted molar refractivity (Wildman–Crippen MR) is 90.5 cm³/mol. The summed E-state index contributed by atoms with van der Waals surface area (Å²) in [7, 11) is 0. The highest BCUT2D eigenvalue weighted by atomic mass is 35.5. The van der Waals surface area contributed by atoms with Gasteiger partial charge >= 0.3 is 0 Å². The molecule has 6 heteroatoms. The fourth-order valence-corrected chi connectivity index (χ4v) is 3.17. The second kappa shape index (κ2) is 8.62. The van der Waals surface area contributed by atoms with Gasteiger partial charge in [-0.05, 0) is 55.8 Å². The van der Waals surface area contributed by atoms with Crippen molar-refractivity contribution in [3.05, 3.63) is 29.1 Å². The molecule has 4 nitrogen and oxygen atoms in total. The van der Waals surface area contributed by atoms with Gasteiger partial charge in [-0.2, -0.15) is 0 Å². The number of anilines is 1. The molecule has 1 amide bonds. The number of carbonyl (C=O) groups excluding carboxylic acids is 1. The van der Waals surface area contributed by atoms with Crippen molar-refractivity contribution >= 4 is 24.0 Å². The van der Waals surface area contributed by atoms with E-state index >= 15 is 0 Å². The van der Waals surface area contributed by atoms with Crippen LogP contribution in [0.4, 0.5) is 10.1 Å². The third kappa shape index (κ3) is 4.66. The summed E-state index contributed by atoms with van der Waals surface area (Å²) in [6, 6.07) is 3.56. The molecule has 0 aliphatic carbocycles. The number of benzene rings is 1. The Morgan fingerprint density at radius 1 is 1.39 bits per heavy atom. The number of amides is 1. The zero-order valence-corrected chi connectivity index (χ0v) is 14.0. The highest BCUT2D eigenvalue weighted by Crippen LogP contribution is 2.25. The summed E-state index contributed by atoms with van der Waals surface area (Å²) in [4.78, 5) is 12.0. The van der Waals surface area contributed by atoms with Gasteiger partial charge in [0.15, 0.2) is 0 Å². The van der Waals surface area contributed by atoms with Gasteiger partial charge in [0.05, 0.1) is 11.8 Å². The highest BCUT2D eigenvalue weighted by Gasteiger charge is 2.19. The minimum absolute atomic E-state index is 0. The second-order valence-corrected chi connectivity index (χ2v) is 6.07. The van der Waals surface area contributed by atoms with E-state index in [4.69, 9.17) is 4.74 Å². The van der Waals surface area contributed by atoms with Crippen molar-refractivity contribution in [3.63, 3.8) is 0 Å². The number of hydrogen-bond donors (Lipinski definition) is 2. The van der Waals surface area contributed by atoms with Crippen LogP contribution >= 0.6 is 12.4 Å². The molecular weight excluding hydrogens is 319 g/mol. The lowest BCUT2D eigenvalue weighted by Gasteiger charge is -2.22. The summed E-state index contributed by atoms with van der Waals surface area (Å²) < 4.78 is 20.1. The molecule has 0 spiro atoms. The van der Waals surface area contributed by atoms with Gasteiger partial charge in [-0.1, -0.05) is 6.07 Å². The first kappa shape index (κ1) is 18.2. The number of rotatable bonds is 4. The van der Waals surface area contributed by atoms with Crippen molar-refractivity contribution in [3.8, 4) is 0 Å². The van der Waals surface area contributed by atoms with Crippen LogP contribution in [0, 0.1) is 5.82 Å². The van der Waals surface area contributed by atoms with E-state index in [2.05, 4.69) is 10.6 Å². The zero-order valence-electron chi connectivity index (χ0n) is 13.2. The van der Waals surface area contributed by atoms with Crippen molar-refractivity contribution in [2.24, 2.45) is 0 Å². The van der Waals surface area contributed by atoms with E-state index in [0.29, 0.717) is 31.5 Å². The number of hydrogen-bond acceptors (Lipinski definition) is 3. The summed E-state index contributed by atoms with van der Waals surface area (Å²) in [5.41, 5.74) is 2.01. The minimum Gasteiger partial charge on any atom is -0.378 e. The van der Waals surface area contributed by atoms with Crippen molar-refractivity contribution in [1.82, 2.24) is 5.32 Å². The standard InChI is InChI=1S/C17H23FN2O2.ClH/c18-17-14-8-9-19-11-12(14)4-6-15(17)20-16(21)7-5-13-3-1-2-10-22-13;/h4,6,13,19H,1-3,5,7-11H2,(H,20,21);1H. The van der Waals surface area contributed by atoms with Gasteiger partial charge in [-0.15, -0.1) is 12.4 Å². The fraction of sp³-hybridized carbons (Fsp3) is 0.588. The number of nitrogens with one attached hydrogen (secondary N) is 2. The molecule has 0 radical (unpaired) electrons. The molecule has 2 aliphatic heterocycles. The molecule has 2 N–H and O–H groups in total. The molecule has 1 atom stereocenters. The van der Waals surface area contributed by atoms with Crippen LogP contribution in [-0.2, 0) is 22.5 Å². The molecule has 128 valence electrons. The Balaban J connectivity index is 0.00000192. The van der Waals surface area contributed by atoms with Crippen LogP contribution in [0.5, 0.6) is 0 Å². The third-order valence-corrected chi connectivity index (χ3v) is 4.45. The van der Waals surface area contributed by atoms with Crippen molar-refractivity contribution in [2.45, 2.75) is 51.2 Å². The van der Waals surface area contributed by atoms with Crippen LogP contribution in [0.25, 0.3) is 0 Å². The van der Waals surface area contributed by atoms with Gasteiger partial charge < -0.3 is 15.4 Å². The van der Waals surface area contributed by atoms with Crippen LogP contribution in [0.1, 0.15) is 43.2 Å². The zero-order chi connectivity index (χ0) is 15.4. The lowest BCUT2D eigenvalue weighted by atomic mass is 9.99. The van der Waals surface area contributed by atoms with E-state index in [9.17, 15) is 9.18 Å². The second-order valence-electron chi connectivity index (χ2n) is 6.07. The Bertz CT molecular complexity index is 548. The minimum atomic E-state index is -0.277. The van der Waals surface area contributed by atoms with E-state index in [-0.39, 0.29) is 30.2 Å². The first-order valence-corrected chi connectivity index (χ1v) is 8.16. The first-order valence-electron chi connectivity index (χ1n) is 8.16. The van der Waals surface area contributed by atoms with Crippen LogP contribution in [0.15, 0.2) is 12.1 Å². The van der Waals surface area contributed by atoms with Crippen LogP contribution in [-0.4, -0.2) is 25.2 Å². The molecule has 1 saturated heterocycles. The number of carbonyl (C=O) groups is 1. The summed E-state index contributed by atoms with van der Waals surface area (Å²) >= 11 is 0. The maximum Gasteiger partial charge on any atom is 0.224 e. The molecule has 0 saturated carbocycles. The molecular formula is C17H24ClFN2O2. The fourth-order valence-electron chi connectivity index (χ4n) is 3.17. The topological polar surface area (TPSA) is 50.4 Å². The molecule has 23 heavy (non-hydrogen) atoms. The van der Waals surface area contributed by atoms with Crippen molar-refractivity contribution < 1.29 is 13.9 Å². The van der Waals surface area contributed by atoms with Crippen molar-refractivity contribution in [1.29, 1.82) is 0 Å². The van der Waals surface area contributed by atoms with E-state index in [0.717, 1.165) is 37.1 Å². The number of ether oxygens (including phenoxy) is 1. The van der Waals surface area contributed by atoms with Gasteiger partial charge in [0.2, 0.25) is 5.91 Å². The highest BCUT2D eigenvalue weighted by molar-refractivity contribution is 5.91. The van der Waals surface area contributed by atoms with Crippen molar-refractivity contribution in [2.75, 3.05) is 18.5 Å². The van der Waals surface area contributed by atoms with Crippen LogP contribution in [0.3, 0.4) is 0 Å². The van der Waals surface area contributed by atoms with Gasteiger partial charge in [0, 0.05) is 19.6 Å². The van der Waals surface area contributed by atoms with E-state index in [1.54, 1.807) is 6.07 Å². The molecule has 0 aromatic heterocycles. The predicted octanol–water partition coefficient (Wildman–Crippen LogP) is 3.18. The summed E-state index contributed by atoms with van der Waals surface area (Å²) in [5.74, 6) is -0.414.